The summed E-state index contributed by atoms with van der Waals surface area (Å²) in [4.78, 5) is 13.0. The van der Waals surface area contributed by atoms with Gasteiger partial charge in [0.05, 0.1) is 28.4 Å². The van der Waals surface area contributed by atoms with Crippen LogP contribution in [0.2, 0.25) is 0 Å². The molecule has 3 atom stereocenters. The lowest BCUT2D eigenvalue weighted by molar-refractivity contribution is -0.148. The van der Waals surface area contributed by atoms with Gasteiger partial charge in [-0.1, -0.05) is 19.9 Å². The first kappa shape index (κ1) is 25.5. The largest absolute Gasteiger partial charge is 0.493 e. The van der Waals surface area contributed by atoms with Crippen LogP contribution < -0.4 is 28.4 Å². The van der Waals surface area contributed by atoms with Gasteiger partial charge in [-0.15, -0.1) is 0 Å². The number of esters is 1. The quantitative estimate of drug-likeness (QED) is 0.382. The molecule has 1 heterocycles. The molecule has 8 nitrogen and oxygen atoms in total. The molecule has 2 aliphatic rings. The summed E-state index contributed by atoms with van der Waals surface area (Å²) in [6.45, 7) is 7.91. The van der Waals surface area contributed by atoms with Crippen molar-refractivity contribution in [3.63, 3.8) is 0 Å². The predicted molar refractivity (Wildman–Crippen MR) is 135 cm³/mol. The third-order valence-electron chi connectivity index (χ3n) is 7.23. The average Bonchev–Trinajstić information content (AvgIpc) is 3.36. The Kier molecular flexibility index (Phi) is 7.24. The Balaban J connectivity index is 2.13. The van der Waals surface area contributed by atoms with Crippen molar-refractivity contribution in [3.8, 4) is 45.6 Å². The van der Waals surface area contributed by atoms with Crippen LogP contribution >= 0.6 is 0 Å². The molecule has 1 aliphatic heterocycles. The van der Waals surface area contributed by atoms with E-state index in [-0.39, 0.29) is 24.6 Å². The van der Waals surface area contributed by atoms with Crippen LogP contribution in [0.15, 0.2) is 23.8 Å². The van der Waals surface area contributed by atoms with Gasteiger partial charge in [0.1, 0.15) is 6.10 Å². The number of rotatable bonds is 6. The van der Waals surface area contributed by atoms with E-state index in [1.807, 2.05) is 19.1 Å². The van der Waals surface area contributed by atoms with Gasteiger partial charge in [-0.2, -0.15) is 0 Å². The zero-order chi connectivity index (χ0) is 26.1. The summed E-state index contributed by atoms with van der Waals surface area (Å²) in [7, 11) is 6.30. The van der Waals surface area contributed by atoms with Crippen LogP contribution in [-0.4, -0.2) is 41.2 Å². The van der Waals surface area contributed by atoms with Crippen LogP contribution in [0.4, 0.5) is 0 Å². The van der Waals surface area contributed by atoms with Crippen LogP contribution in [0.3, 0.4) is 0 Å². The van der Waals surface area contributed by atoms with Gasteiger partial charge in [0, 0.05) is 28.2 Å². The second-order valence-corrected chi connectivity index (χ2v) is 9.13. The van der Waals surface area contributed by atoms with Crippen LogP contribution in [0.25, 0.3) is 11.1 Å². The first-order chi connectivity index (χ1) is 17.3. The molecule has 0 saturated heterocycles. The number of carbonyl (C=O) groups excluding carboxylic acids is 1. The van der Waals surface area contributed by atoms with Gasteiger partial charge in [0.15, 0.2) is 23.0 Å². The van der Waals surface area contributed by atoms with Crippen molar-refractivity contribution in [2.45, 2.75) is 40.2 Å². The Bertz CT molecular complexity index is 1200. The minimum absolute atomic E-state index is 0.0373. The number of fused-ring (bicyclic) bond motifs is 4. The van der Waals surface area contributed by atoms with Gasteiger partial charge in [-0.25, -0.2) is 4.79 Å². The topological polar surface area (TPSA) is 81.7 Å². The van der Waals surface area contributed by atoms with E-state index in [4.69, 9.17) is 33.2 Å². The minimum Gasteiger partial charge on any atom is -0.493 e. The van der Waals surface area contributed by atoms with Crippen molar-refractivity contribution in [2.75, 3.05) is 35.2 Å². The lowest BCUT2D eigenvalue weighted by Crippen LogP contribution is -2.27. The highest BCUT2D eigenvalue weighted by atomic mass is 16.7. The number of hydrogen-bond acceptors (Lipinski definition) is 8. The highest BCUT2D eigenvalue weighted by Crippen LogP contribution is 2.58. The van der Waals surface area contributed by atoms with Gasteiger partial charge >= 0.3 is 5.97 Å². The molecule has 2 aromatic carbocycles. The van der Waals surface area contributed by atoms with Gasteiger partial charge < -0.3 is 33.2 Å². The molecule has 0 unspecified atom stereocenters. The fraction of sp³-hybridized carbons (Fsp3) is 0.464. The molecule has 2 aromatic rings. The Morgan fingerprint density at radius 2 is 1.64 bits per heavy atom. The summed E-state index contributed by atoms with van der Waals surface area (Å²) in [6, 6.07) is 3.86. The number of hydrogen-bond donors (Lipinski definition) is 0. The molecule has 0 bridgehead atoms. The van der Waals surface area contributed by atoms with E-state index in [1.165, 1.54) is 0 Å². The van der Waals surface area contributed by atoms with Gasteiger partial charge in [0.25, 0.3) is 0 Å². The Labute approximate surface area is 212 Å². The van der Waals surface area contributed by atoms with Crippen molar-refractivity contribution >= 4 is 5.97 Å². The van der Waals surface area contributed by atoms with Gasteiger partial charge in [0.2, 0.25) is 18.3 Å². The highest BCUT2D eigenvalue weighted by Gasteiger charge is 2.39. The Morgan fingerprint density at radius 3 is 2.25 bits per heavy atom. The Hall–Kier alpha value is -3.55. The van der Waals surface area contributed by atoms with Gasteiger partial charge in [-0.3, -0.25) is 0 Å². The maximum absolute atomic E-state index is 13.0. The second-order valence-electron chi connectivity index (χ2n) is 9.13. The number of methoxy groups -OCH3 is 4. The van der Waals surface area contributed by atoms with Crippen LogP contribution in [0.5, 0.6) is 34.5 Å². The molecular formula is C28H34O8. The Morgan fingerprint density at radius 1 is 0.944 bits per heavy atom. The number of benzene rings is 2. The molecule has 4 rings (SSSR count). The van der Waals surface area contributed by atoms with E-state index in [0.717, 1.165) is 16.7 Å². The molecular weight excluding hydrogens is 464 g/mol. The third kappa shape index (κ3) is 4.08. The fourth-order valence-electron chi connectivity index (χ4n) is 4.96. The summed E-state index contributed by atoms with van der Waals surface area (Å²) in [6.07, 6.45) is 1.85. The fourth-order valence-corrected chi connectivity index (χ4v) is 4.96. The highest BCUT2D eigenvalue weighted by molar-refractivity contribution is 5.90. The standard InChI is InChI=1S/C28H34O8/c1-9-14(2)28(29)36-23-16(4)15(3)10-17-11-20-25(35-13-34-20)26(32-7)21(17)22-18(23)12-19(30-5)24(31-6)27(22)33-8/h9,11-12,15-16,23H,10,13H2,1-8H3/t15-,16+,23+/m0/s1. The third-order valence-corrected chi connectivity index (χ3v) is 7.23. The molecule has 1 aliphatic carbocycles. The molecule has 0 amide bonds. The van der Waals surface area contributed by atoms with Crippen molar-refractivity contribution < 1.29 is 38.0 Å². The monoisotopic (exact) mass is 498 g/mol. The summed E-state index contributed by atoms with van der Waals surface area (Å²) in [5.41, 5.74) is 3.77. The molecule has 8 heteroatoms. The van der Waals surface area contributed by atoms with Crippen LogP contribution in [0, 0.1) is 11.8 Å². The normalized spacial score (nSPS) is 20.4. The first-order valence-electron chi connectivity index (χ1n) is 12.0. The van der Waals surface area contributed by atoms with E-state index < -0.39 is 6.10 Å². The molecule has 36 heavy (non-hydrogen) atoms. The summed E-state index contributed by atoms with van der Waals surface area (Å²) < 4.78 is 41.0. The van der Waals surface area contributed by atoms with Crippen molar-refractivity contribution in [3.05, 3.63) is 34.9 Å². The van der Waals surface area contributed by atoms with E-state index in [9.17, 15) is 4.79 Å². The summed E-state index contributed by atoms with van der Waals surface area (Å²) in [5, 5.41) is 0. The van der Waals surface area contributed by atoms with Crippen molar-refractivity contribution in [1.82, 2.24) is 0 Å². The maximum atomic E-state index is 13.0. The maximum Gasteiger partial charge on any atom is 0.333 e. The van der Waals surface area contributed by atoms with E-state index >= 15 is 0 Å². The lowest BCUT2D eigenvalue weighted by atomic mass is 9.75. The smallest absolute Gasteiger partial charge is 0.333 e. The molecule has 194 valence electrons. The SMILES string of the molecule is CC=C(C)C(=O)O[C@H]1c2cc(OC)c(OC)c(OC)c2-c2c(cc3c(c2OC)OCO3)C[C@H](C)[C@H]1C. The van der Waals surface area contributed by atoms with E-state index in [0.29, 0.717) is 52.1 Å². The minimum atomic E-state index is -0.589. The predicted octanol–water partition coefficient (Wildman–Crippen LogP) is 5.50. The zero-order valence-electron chi connectivity index (χ0n) is 22.1. The first-order valence-corrected chi connectivity index (χ1v) is 12.0. The molecule has 0 fully saturated rings. The van der Waals surface area contributed by atoms with Crippen LogP contribution in [0.1, 0.15) is 44.9 Å². The van der Waals surface area contributed by atoms with Crippen LogP contribution in [-0.2, 0) is 16.0 Å². The van der Waals surface area contributed by atoms with E-state index in [1.54, 1.807) is 41.4 Å². The number of carbonyl (C=O) groups is 1. The molecule has 0 saturated carbocycles. The molecule has 0 aromatic heterocycles. The second kappa shape index (κ2) is 10.2. The average molecular weight is 499 g/mol. The lowest BCUT2D eigenvalue weighted by Gasteiger charge is -2.35. The molecule has 0 N–H and O–H groups in total. The number of allylic oxidation sites excluding steroid dienone is 1. The van der Waals surface area contributed by atoms with E-state index in [2.05, 4.69) is 13.8 Å². The number of ether oxygens (including phenoxy) is 7. The van der Waals surface area contributed by atoms with Crippen molar-refractivity contribution in [1.29, 1.82) is 0 Å². The van der Waals surface area contributed by atoms with Gasteiger partial charge in [-0.05, 0) is 43.9 Å². The molecule has 0 spiro atoms. The summed E-state index contributed by atoms with van der Waals surface area (Å²) in [5.74, 6) is 2.78. The molecule has 0 radical (unpaired) electrons. The van der Waals surface area contributed by atoms with Crippen molar-refractivity contribution in [2.24, 2.45) is 11.8 Å². The zero-order valence-corrected chi connectivity index (χ0v) is 22.1. The summed E-state index contributed by atoms with van der Waals surface area (Å²) >= 11 is 0.